The van der Waals surface area contributed by atoms with Crippen molar-refractivity contribution in [3.8, 4) is 11.5 Å². The lowest BCUT2D eigenvalue weighted by molar-refractivity contribution is -0.133. The highest BCUT2D eigenvalue weighted by Crippen LogP contribution is 2.34. The van der Waals surface area contributed by atoms with Crippen molar-refractivity contribution in [2.24, 2.45) is 5.92 Å². The summed E-state index contributed by atoms with van der Waals surface area (Å²) in [6, 6.07) is 17.5. The summed E-state index contributed by atoms with van der Waals surface area (Å²) >= 11 is 0. The van der Waals surface area contributed by atoms with Gasteiger partial charge in [0.15, 0.2) is 0 Å². The molecule has 0 bridgehead atoms. The average molecular weight is 448 g/mol. The Balaban J connectivity index is 1.69. The van der Waals surface area contributed by atoms with Crippen LogP contribution in [0.15, 0.2) is 65.3 Å². The van der Waals surface area contributed by atoms with Gasteiger partial charge in [-0.1, -0.05) is 51.1 Å². The molecule has 174 valence electrons. The van der Waals surface area contributed by atoms with Crippen molar-refractivity contribution in [1.29, 1.82) is 0 Å². The summed E-state index contributed by atoms with van der Waals surface area (Å²) in [5.74, 6) is 0.999. The summed E-state index contributed by atoms with van der Waals surface area (Å²) in [7, 11) is 0. The van der Waals surface area contributed by atoms with Crippen LogP contribution in [0.5, 0.6) is 0 Å². The standard InChI is InChI=1S/C27H33N3O3/c1-19(2)14-15-28-26(32)27(4)18-29-22(24-11-8-16-33-24)12-13-23(29)25(31)30(27)17-20(3)21-9-6-5-7-10-21/h5-13,16,19-20H,14-15,17-18H2,1-4H3,(H,28,32)/t20-,27+/m1/s1. The number of carbonyl (C=O) groups is 2. The fraction of sp³-hybridized carbons (Fsp3) is 0.407. The number of nitrogens with zero attached hydrogens (tertiary/aromatic N) is 2. The number of benzene rings is 1. The molecule has 1 aromatic carbocycles. The van der Waals surface area contributed by atoms with E-state index in [0.29, 0.717) is 37.0 Å². The number of hydrogen-bond acceptors (Lipinski definition) is 3. The van der Waals surface area contributed by atoms with Gasteiger partial charge in [0.25, 0.3) is 5.91 Å². The third-order valence-corrected chi connectivity index (χ3v) is 6.60. The Labute approximate surface area is 195 Å². The lowest BCUT2D eigenvalue weighted by Gasteiger charge is -2.45. The summed E-state index contributed by atoms with van der Waals surface area (Å²) in [5, 5.41) is 3.10. The smallest absolute Gasteiger partial charge is 0.271 e. The van der Waals surface area contributed by atoms with Crippen molar-refractivity contribution in [2.45, 2.75) is 52.1 Å². The summed E-state index contributed by atoms with van der Waals surface area (Å²) in [6.45, 7) is 9.65. The lowest BCUT2D eigenvalue weighted by Crippen LogP contribution is -2.64. The van der Waals surface area contributed by atoms with Gasteiger partial charge >= 0.3 is 0 Å². The molecule has 3 aromatic rings. The molecule has 6 nitrogen and oxygen atoms in total. The SMILES string of the molecule is CC(C)CCNC(=O)[C@]1(C)Cn2c(ccc2-c2ccco2)C(=O)N1C[C@@H](C)c1ccccc1. The van der Waals surface area contributed by atoms with E-state index < -0.39 is 5.54 Å². The number of carbonyl (C=O) groups excluding carboxylic acids is 2. The molecule has 0 saturated carbocycles. The number of fused-ring (bicyclic) bond motifs is 1. The Morgan fingerprint density at radius 3 is 2.45 bits per heavy atom. The molecule has 2 aromatic heterocycles. The molecule has 3 heterocycles. The van der Waals surface area contributed by atoms with Crippen molar-refractivity contribution in [3.05, 3.63) is 72.1 Å². The highest BCUT2D eigenvalue weighted by Gasteiger charge is 2.48. The van der Waals surface area contributed by atoms with Crippen LogP contribution in [0, 0.1) is 5.92 Å². The molecule has 1 aliphatic heterocycles. The number of rotatable bonds is 8. The minimum Gasteiger partial charge on any atom is -0.463 e. The third-order valence-electron chi connectivity index (χ3n) is 6.60. The minimum atomic E-state index is -1.02. The Morgan fingerprint density at radius 2 is 1.79 bits per heavy atom. The van der Waals surface area contributed by atoms with E-state index >= 15 is 0 Å². The molecule has 0 spiro atoms. The number of nitrogens with one attached hydrogen (secondary N) is 1. The molecule has 0 unspecified atom stereocenters. The molecule has 1 aliphatic rings. The Morgan fingerprint density at radius 1 is 1.06 bits per heavy atom. The van der Waals surface area contributed by atoms with Crippen LogP contribution in [0.25, 0.3) is 11.5 Å². The normalized spacial score (nSPS) is 18.9. The molecule has 0 saturated heterocycles. The largest absolute Gasteiger partial charge is 0.463 e. The number of hydrogen-bond donors (Lipinski definition) is 1. The molecular weight excluding hydrogens is 414 g/mol. The van der Waals surface area contributed by atoms with E-state index in [9.17, 15) is 9.59 Å². The van der Waals surface area contributed by atoms with Crippen molar-refractivity contribution >= 4 is 11.8 Å². The second-order valence-corrected chi connectivity index (χ2v) is 9.61. The van der Waals surface area contributed by atoms with E-state index in [1.165, 1.54) is 0 Å². The molecule has 33 heavy (non-hydrogen) atoms. The number of aromatic nitrogens is 1. The maximum atomic E-state index is 13.8. The van der Waals surface area contributed by atoms with E-state index in [0.717, 1.165) is 17.7 Å². The minimum absolute atomic E-state index is 0.0870. The van der Waals surface area contributed by atoms with Gasteiger partial charge in [-0.3, -0.25) is 9.59 Å². The first kappa shape index (κ1) is 22.9. The molecule has 0 aliphatic carbocycles. The first-order valence-corrected chi connectivity index (χ1v) is 11.7. The van der Waals surface area contributed by atoms with Crippen LogP contribution in [-0.4, -0.2) is 39.9 Å². The van der Waals surface area contributed by atoms with Crippen LogP contribution in [-0.2, 0) is 11.3 Å². The predicted molar refractivity (Wildman–Crippen MR) is 129 cm³/mol. The van der Waals surface area contributed by atoms with Crippen LogP contribution in [0.4, 0.5) is 0 Å². The van der Waals surface area contributed by atoms with E-state index in [1.807, 2.05) is 54.0 Å². The zero-order valence-electron chi connectivity index (χ0n) is 19.9. The van der Waals surface area contributed by atoms with Crippen molar-refractivity contribution in [2.75, 3.05) is 13.1 Å². The molecule has 0 radical (unpaired) electrons. The second-order valence-electron chi connectivity index (χ2n) is 9.61. The molecule has 4 rings (SSSR count). The third kappa shape index (κ3) is 4.47. The maximum absolute atomic E-state index is 13.8. The second kappa shape index (κ2) is 9.30. The highest BCUT2D eigenvalue weighted by molar-refractivity contribution is 6.00. The number of furan rings is 1. The van der Waals surface area contributed by atoms with Crippen molar-refractivity contribution in [1.82, 2.24) is 14.8 Å². The lowest BCUT2D eigenvalue weighted by atomic mass is 9.91. The van der Waals surface area contributed by atoms with Gasteiger partial charge in [-0.25, -0.2) is 0 Å². The summed E-state index contributed by atoms with van der Waals surface area (Å²) in [4.78, 5) is 29.1. The predicted octanol–water partition coefficient (Wildman–Crippen LogP) is 4.93. The zero-order valence-corrected chi connectivity index (χ0v) is 19.9. The van der Waals surface area contributed by atoms with E-state index in [1.54, 1.807) is 11.2 Å². The van der Waals surface area contributed by atoms with Gasteiger partial charge in [-0.05, 0) is 55.0 Å². The quantitative estimate of drug-likeness (QED) is 0.532. The van der Waals surface area contributed by atoms with Gasteiger partial charge in [-0.15, -0.1) is 0 Å². The molecule has 0 fully saturated rings. The summed E-state index contributed by atoms with van der Waals surface area (Å²) in [5.41, 5.74) is 1.50. The van der Waals surface area contributed by atoms with Crippen LogP contribution >= 0.6 is 0 Å². The topological polar surface area (TPSA) is 67.5 Å². The summed E-state index contributed by atoms with van der Waals surface area (Å²) < 4.78 is 7.53. The first-order valence-electron chi connectivity index (χ1n) is 11.7. The van der Waals surface area contributed by atoms with Crippen molar-refractivity contribution < 1.29 is 14.0 Å². The summed E-state index contributed by atoms with van der Waals surface area (Å²) in [6.07, 6.45) is 2.51. The van der Waals surface area contributed by atoms with Gasteiger partial charge in [0.2, 0.25) is 5.91 Å². The molecule has 2 atom stereocenters. The van der Waals surface area contributed by atoms with Gasteiger partial charge in [0.1, 0.15) is 17.0 Å². The van der Waals surface area contributed by atoms with Gasteiger partial charge in [-0.2, -0.15) is 0 Å². The highest BCUT2D eigenvalue weighted by atomic mass is 16.3. The van der Waals surface area contributed by atoms with Crippen LogP contribution in [0.1, 0.15) is 56.1 Å². The van der Waals surface area contributed by atoms with Crippen LogP contribution < -0.4 is 5.32 Å². The average Bonchev–Trinajstić information content (AvgIpc) is 3.46. The van der Waals surface area contributed by atoms with E-state index in [2.05, 4.69) is 38.2 Å². The van der Waals surface area contributed by atoms with Gasteiger partial charge in [0.05, 0.1) is 18.5 Å². The number of amides is 2. The Kier molecular flexibility index (Phi) is 6.45. The van der Waals surface area contributed by atoms with Gasteiger partial charge in [0, 0.05) is 13.1 Å². The monoisotopic (exact) mass is 447 g/mol. The fourth-order valence-electron chi connectivity index (χ4n) is 4.52. The Bertz CT molecular complexity index is 1100. The van der Waals surface area contributed by atoms with Crippen molar-refractivity contribution in [3.63, 3.8) is 0 Å². The maximum Gasteiger partial charge on any atom is 0.271 e. The first-order chi connectivity index (χ1) is 15.8. The Hall–Kier alpha value is -3.28. The molecule has 6 heteroatoms. The van der Waals surface area contributed by atoms with Crippen LogP contribution in [0.2, 0.25) is 0 Å². The van der Waals surface area contributed by atoms with E-state index in [-0.39, 0.29) is 17.7 Å². The zero-order chi connectivity index (χ0) is 23.6. The molecular formula is C27H33N3O3. The molecule has 1 N–H and O–H groups in total. The molecule has 2 amide bonds. The van der Waals surface area contributed by atoms with E-state index in [4.69, 9.17) is 4.42 Å². The van der Waals surface area contributed by atoms with Crippen LogP contribution in [0.3, 0.4) is 0 Å². The van der Waals surface area contributed by atoms with Gasteiger partial charge < -0.3 is 19.2 Å². The fourth-order valence-corrected chi connectivity index (χ4v) is 4.52.